The fourth-order valence-electron chi connectivity index (χ4n) is 2.26. The Kier molecular flexibility index (Phi) is 4.82. The molecule has 1 atom stereocenters. The number of nitrogens with zero attached hydrogens (tertiary/aromatic N) is 1. The Labute approximate surface area is 118 Å². The van der Waals surface area contributed by atoms with Crippen LogP contribution in [0.3, 0.4) is 0 Å². The minimum absolute atomic E-state index is 0.0454. The third-order valence-electron chi connectivity index (χ3n) is 3.43. The fraction of sp³-hybridized carbons (Fsp3) is 0.571. The van der Waals surface area contributed by atoms with Crippen molar-refractivity contribution in [1.29, 1.82) is 0 Å². The van der Waals surface area contributed by atoms with Crippen molar-refractivity contribution in [2.45, 2.75) is 48.5 Å². The summed E-state index contributed by atoms with van der Waals surface area (Å²) in [6, 6.07) is 5.64. The molecule has 4 nitrogen and oxygen atoms in total. The van der Waals surface area contributed by atoms with Crippen molar-refractivity contribution in [3.8, 4) is 0 Å². The second-order valence-electron chi connectivity index (χ2n) is 5.08. The molecule has 0 spiro atoms. The summed E-state index contributed by atoms with van der Waals surface area (Å²) in [6.45, 7) is 2.21. The maximum absolute atomic E-state index is 12.0. The highest BCUT2D eigenvalue weighted by Gasteiger charge is 2.31. The van der Waals surface area contributed by atoms with Crippen molar-refractivity contribution in [3.05, 3.63) is 24.4 Å². The average molecular weight is 280 g/mol. The number of aliphatic hydroxyl groups is 1. The molecule has 2 rings (SSSR count). The molecule has 1 heterocycles. The van der Waals surface area contributed by atoms with Crippen LogP contribution >= 0.6 is 11.8 Å². The molecule has 1 aliphatic rings. The zero-order valence-electron chi connectivity index (χ0n) is 11.1. The van der Waals surface area contributed by atoms with E-state index in [0.29, 0.717) is 6.54 Å². The molecule has 104 valence electrons. The van der Waals surface area contributed by atoms with Crippen LogP contribution in [0.4, 0.5) is 0 Å². The largest absolute Gasteiger partial charge is 0.388 e. The first kappa shape index (κ1) is 14.3. The lowest BCUT2D eigenvalue weighted by Crippen LogP contribution is -2.43. The summed E-state index contributed by atoms with van der Waals surface area (Å²) in [4.78, 5) is 16.2. The summed E-state index contributed by atoms with van der Waals surface area (Å²) in [6.07, 6.45) is 5.38. The molecular formula is C14H20N2O2S. The Hall–Kier alpha value is -1.07. The standard InChI is InChI=1S/C14H20N2O2S/c1-11(19-12-6-2-5-9-15-12)13(17)16-10-14(18)7-3-4-8-14/h2,5-6,9,11,18H,3-4,7-8,10H2,1H3,(H,16,17). The lowest BCUT2D eigenvalue weighted by Gasteiger charge is -2.23. The number of thioether (sulfide) groups is 1. The minimum atomic E-state index is -0.689. The van der Waals surface area contributed by atoms with E-state index in [0.717, 1.165) is 30.7 Å². The summed E-state index contributed by atoms with van der Waals surface area (Å²) in [7, 11) is 0. The predicted octanol–water partition coefficient (Wildman–Crippen LogP) is 1.98. The van der Waals surface area contributed by atoms with Gasteiger partial charge in [0, 0.05) is 12.7 Å². The van der Waals surface area contributed by atoms with Crippen molar-refractivity contribution in [3.63, 3.8) is 0 Å². The molecular weight excluding hydrogens is 260 g/mol. The summed E-state index contributed by atoms with van der Waals surface area (Å²) in [5, 5.41) is 13.7. The van der Waals surface area contributed by atoms with Gasteiger partial charge >= 0.3 is 0 Å². The van der Waals surface area contributed by atoms with Gasteiger partial charge in [0.15, 0.2) is 0 Å². The molecule has 1 aromatic rings. The quantitative estimate of drug-likeness (QED) is 0.810. The van der Waals surface area contributed by atoms with Crippen molar-refractivity contribution in [1.82, 2.24) is 10.3 Å². The van der Waals surface area contributed by atoms with E-state index in [1.807, 2.05) is 25.1 Å². The molecule has 5 heteroatoms. The summed E-state index contributed by atoms with van der Waals surface area (Å²) in [5.74, 6) is -0.0454. The molecule has 2 N–H and O–H groups in total. The van der Waals surface area contributed by atoms with Crippen LogP contribution < -0.4 is 5.32 Å². The van der Waals surface area contributed by atoms with E-state index in [1.54, 1.807) is 6.20 Å². The Morgan fingerprint density at radius 2 is 2.26 bits per heavy atom. The van der Waals surface area contributed by atoms with Gasteiger partial charge in [0.05, 0.1) is 15.9 Å². The molecule has 1 saturated carbocycles. The number of carbonyl (C=O) groups excluding carboxylic acids is 1. The van der Waals surface area contributed by atoms with Crippen molar-refractivity contribution in [2.24, 2.45) is 0 Å². The zero-order valence-corrected chi connectivity index (χ0v) is 11.9. The average Bonchev–Trinajstić information content (AvgIpc) is 2.84. The molecule has 1 fully saturated rings. The molecule has 1 aliphatic carbocycles. The third-order valence-corrected chi connectivity index (χ3v) is 4.48. The van der Waals surface area contributed by atoms with Crippen LogP contribution in [0.5, 0.6) is 0 Å². The maximum Gasteiger partial charge on any atom is 0.233 e. The number of aromatic nitrogens is 1. The van der Waals surface area contributed by atoms with Gasteiger partial charge in [-0.25, -0.2) is 4.98 Å². The highest BCUT2D eigenvalue weighted by molar-refractivity contribution is 8.00. The normalized spacial score (nSPS) is 19.1. The number of hydrogen-bond acceptors (Lipinski definition) is 4. The molecule has 19 heavy (non-hydrogen) atoms. The second-order valence-corrected chi connectivity index (χ2v) is 6.44. The first-order valence-corrected chi connectivity index (χ1v) is 7.55. The van der Waals surface area contributed by atoms with Crippen LogP contribution in [-0.4, -0.2) is 33.4 Å². The molecule has 0 saturated heterocycles. The lowest BCUT2D eigenvalue weighted by atomic mass is 10.0. The van der Waals surface area contributed by atoms with Crippen molar-refractivity contribution in [2.75, 3.05) is 6.54 Å². The zero-order chi connectivity index (χ0) is 13.7. The Balaban J connectivity index is 1.79. The Morgan fingerprint density at radius 3 is 2.89 bits per heavy atom. The maximum atomic E-state index is 12.0. The van der Waals surface area contributed by atoms with E-state index < -0.39 is 5.60 Å². The summed E-state index contributed by atoms with van der Waals surface area (Å²) >= 11 is 1.43. The topological polar surface area (TPSA) is 62.2 Å². The fourth-order valence-corrected chi connectivity index (χ4v) is 3.09. The number of carbonyl (C=O) groups is 1. The van der Waals surface area contributed by atoms with Crippen LogP contribution in [-0.2, 0) is 4.79 Å². The highest BCUT2D eigenvalue weighted by Crippen LogP contribution is 2.28. The summed E-state index contributed by atoms with van der Waals surface area (Å²) < 4.78 is 0. The van der Waals surface area contributed by atoms with E-state index in [4.69, 9.17) is 0 Å². The molecule has 0 bridgehead atoms. The van der Waals surface area contributed by atoms with E-state index in [9.17, 15) is 9.90 Å². The Bertz CT molecular complexity index is 419. The number of nitrogens with one attached hydrogen (secondary N) is 1. The number of hydrogen-bond donors (Lipinski definition) is 2. The molecule has 1 unspecified atom stereocenters. The number of pyridine rings is 1. The molecule has 1 aromatic heterocycles. The first-order valence-electron chi connectivity index (χ1n) is 6.67. The smallest absolute Gasteiger partial charge is 0.233 e. The van der Waals surface area contributed by atoms with Crippen LogP contribution in [0.15, 0.2) is 29.4 Å². The van der Waals surface area contributed by atoms with Crippen molar-refractivity contribution >= 4 is 17.7 Å². The molecule has 1 amide bonds. The van der Waals surface area contributed by atoms with Crippen LogP contribution in [0, 0.1) is 0 Å². The van der Waals surface area contributed by atoms with E-state index >= 15 is 0 Å². The molecule has 0 aromatic carbocycles. The van der Waals surface area contributed by atoms with E-state index in [1.165, 1.54) is 11.8 Å². The van der Waals surface area contributed by atoms with E-state index in [-0.39, 0.29) is 11.2 Å². The predicted molar refractivity (Wildman–Crippen MR) is 76.0 cm³/mol. The molecule has 0 aliphatic heterocycles. The monoisotopic (exact) mass is 280 g/mol. The van der Waals surface area contributed by atoms with Gasteiger partial charge in [-0.1, -0.05) is 30.7 Å². The van der Waals surface area contributed by atoms with Crippen LogP contribution in [0.2, 0.25) is 0 Å². The minimum Gasteiger partial charge on any atom is -0.388 e. The van der Waals surface area contributed by atoms with Gasteiger partial charge in [-0.15, -0.1) is 0 Å². The van der Waals surface area contributed by atoms with Gasteiger partial charge in [0.1, 0.15) is 0 Å². The van der Waals surface area contributed by atoms with Crippen LogP contribution in [0.25, 0.3) is 0 Å². The van der Waals surface area contributed by atoms with E-state index in [2.05, 4.69) is 10.3 Å². The van der Waals surface area contributed by atoms with Gasteiger partial charge < -0.3 is 10.4 Å². The van der Waals surface area contributed by atoms with Crippen molar-refractivity contribution < 1.29 is 9.90 Å². The second kappa shape index (κ2) is 6.39. The number of amides is 1. The van der Waals surface area contributed by atoms with Gasteiger partial charge in [-0.2, -0.15) is 0 Å². The first-order chi connectivity index (χ1) is 9.09. The highest BCUT2D eigenvalue weighted by atomic mass is 32.2. The van der Waals surface area contributed by atoms with Gasteiger partial charge in [0.25, 0.3) is 0 Å². The lowest BCUT2D eigenvalue weighted by molar-refractivity contribution is -0.121. The van der Waals surface area contributed by atoms with Gasteiger partial charge in [0.2, 0.25) is 5.91 Å². The number of rotatable bonds is 5. The Morgan fingerprint density at radius 1 is 1.53 bits per heavy atom. The molecule has 0 radical (unpaired) electrons. The van der Waals surface area contributed by atoms with Crippen LogP contribution in [0.1, 0.15) is 32.6 Å². The SMILES string of the molecule is CC(Sc1ccccn1)C(=O)NCC1(O)CCCC1. The summed E-state index contributed by atoms with van der Waals surface area (Å²) in [5.41, 5.74) is -0.689. The third kappa shape index (κ3) is 4.21. The van der Waals surface area contributed by atoms with Gasteiger partial charge in [-0.3, -0.25) is 4.79 Å². The van der Waals surface area contributed by atoms with Gasteiger partial charge in [-0.05, 0) is 31.9 Å².